The topological polar surface area (TPSA) is 22.3 Å². The highest BCUT2D eigenvalue weighted by molar-refractivity contribution is 5.85. The fourth-order valence-corrected chi connectivity index (χ4v) is 7.30. The highest BCUT2D eigenvalue weighted by Crippen LogP contribution is 2.44. The molecule has 0 spiro atoms. The van der Waals surface area contributed by atoms with Crippen molar-refractivity contribution in [2.75, 3.05) is 26.2 Å². The SMILES string of the molecule is Fc1ccc2[nH]c3c(c2c1)CN(CC1CCN(C(c2ccccc2)(c2ccccc2)c2ccccc2)CC1)CC3. The second-order valence-corrected chi connectivity index (χ2v) is 11.5. The quantitative estimate of drug-likeness (QED) is 0.232. The molecular weight excluding hydrogens is 493 g/mol. The van der Waals surface area contributed by atoms with Crippen LogP contribution in [-0.2, 0) is 18.5 Å². The molecule has 1 N–H and O–H groups in total. The minimum absolute atomic E-state index is 0.155. The van der Waals surface area contributed by atoms with E-state index in [4.69, 9.17) is 0 Å². The number of nitrogens with one attached hydrogen (secondary N) is 1. The third-order valence-electron chi connectivity index (χ3n) is 9.20. The number of H-pyrrole nitrogens is 1. The van der Waals surface area contributed by atoms with E-state index in [2.05, 4.69) is 106 Å². The predicted molar refractivity (Wildman–Crippen MR) is 161 cm³/mol. The summed E-state index contributed by atoms with van der Waals surface area (Å²) >= 11 is 0. The second kappa shape index (κ2) is 10.7. The van der Waals surface area contributed by atoms with Crippen LogP contribution in [0.4, 0.5) is 4.39 Å². The van der Waals surface area contributed by atoms with E-state index in [-0.39, 0.29) is 11.4 Å². The molecule has 40 heavy (non-hydrogen) atoms. The van der Waals surface area contributed by atoms with Gasteiger partial charge in [0.25, 0.3) is 0 Å². The van der Waals surface area contributed by atoms with Crippen molar-refractivity contribution in [1.29, 1.82) is 0 Å². The summed E-state index contributed by atoms with van der Waals surface area (Å²) in [6.45, 7) is 5.15. The van der Waals surface area contributed by atoms with Crippen LogP contribution in [-0.4, -0.2) is 41.0 Å². The maximum atomic E-state index is 14.0. The van der Waals surface area contributed by atoms with Crippen molar-refractivity contribution >= 4 is 10.9 Å². The lowest BCUT2D eigenvalue weighted by atomic mass is 9.74. The molecule has 0 saturated carbocycles. The van der Waals surface area contributed by atoms with Crippen molar-refractivity contribution in [1.82, 2.24) is 14.8 Å². The highest BCUT2D eigenvalue weighted by atomic mass is 19.1. The number of halogens is 1. The van der Waals surface area contributed by atoms with Gasteiger partial charge in [0, 0.05) is 42.7 Å². The smallest absolute Gasteiger partial charge is 0.123 e. The molecule has 0 aliphatic carbocycles. The zero-order valence-corrected chi connectivity index (χ0v) is 22.9. The van der Waals surface area contributed by atoms with Crippen LogP contribution in [0.15, 0.2) is 109 Å². The Morgan fingerprint density at radius 1 is 0.725 bits per heavy atom. The molecule has 0 radical (unpaired) electrons. The molecule has 1 aromatic heterocycles. The third kappa shape index (κ3) is 4.46. The van der Waals surface area contributed by atoms with Crippen molar-refractivity contribution in [3.05, 3.63) is 143 Å². The van der Waals surface area contributed by atoms with E-state index in [1.807, 2.05) is 6.07 Å². The van der Waals surface area contributed by atoms with Crippen LogP contribution in [0.1, 0.15) is 40.8 Å². The second-order valence-electron chi connectivity index (χ2n) is 11.5. The largest absolute Gasteiger partial charge is 0.358 e. The first-order valence-corrected chi connectivity index (χ1v) is 14.6. The van der Waals surface area contributed by atoms with Crippen LogP contribution < -0.4 is 0 Å². The van der Waals surface area contributed by atoms with Crippen LogP contribution in [0.25, 0.3) is 10.9 Å². The van der Waals surface area contributed by atoms with Gasteiger partial charge in [-0.2, -0.15) is 0 Å². The number of aromatic nitrogens is 1. The summed E-state index contributed by atoms with van der Waals surface area (Å²) in [4.78, 5) is 8.86. The van der Waals surface area contributed by atoms with Crippen LogP contribution in [0.3, 0.4) is 0 Å². The maximum Gasteiger partial charge on any atom is 0.123 e. The van der Waals surface area contributed by atoms with Gasteiger partial charge in [-0.25, -0.2) is 4.39 Å². The number of likely N-dealkylation sites (tertiary alicyclic amines) is 1. The zero-order chi connectivity index (χ0) is 26.9. The molecule has 2 aliphatic heterocycles. The number of fused-ring (bicyclic) bond motifs is 3. The first-order valence-electron chi connectivity index (χ1n) is 14.6. The standard InChI is InChI=1S/C36H36FN3/c37-31-16-17-34-32(24-31)33-26-39(21-20-35(33)38-34)25-27-18-22-40(23-19-27)36(28-10-4-1-5-11-28,29-12-6-2-7-13-29)30-14-8-3-9-15-30/h1-17,24,27,38H,18-23,25-26H2. The van der Waals surface area contributed by atoms with Crippen molar-refractivity contribution in [2.24, 2.45) is 5.92 Å². The van der Waals surface area contributed by atoms with Gasteiger partial charge in [-0.05, 0) is 72.3 Å². The molecule has 0 atom stereocenters. The molecule has 1 saturated heterocycles. The molecule has 0 unspecified atom stereocenters. The first-order chi connectivity index (χ1) is 19.7. The number of hydrogen-bond acceptors (Lipinski definition) is 2. The number of benzene rings is 4. The van der Waals surface area contributed by atoms with Gasteiger partial charge in [-0.3, -0.25) is 9.80 Å². The van der Waals surface area contributed by atoms with E-state index in [0.717, 1.165) is 50.0 Å². The average Bonchev–Trinajstić information content (AvgIpc) is 3.37. The maximum absolute atomic E-state index is 14.0. The molecule has 3 nitrogen and oxygen atoms in total. The first kappa shape index (κ1) is 25.3. The summed E-state index contributed by atoms with van der Waals surface area (Å²) in [5, 5.41) is 1.05. The molecule has 4 aromatic carbocycles. The van der Waals surface area contributed by atoms with E-state index >= 15 is 0 Å². The Kier molecular flexibility index (Phi) is 6.74. The summed E-state index contributed by atoms with van der Waals surface area (Å²) in [5.41, 5.74) is 7.26. The molecule has 5 aromatic rings. The van der Waals surface area contributed by atoms with Crippen LogP contribution >= 0.6 is 0 Å². The number of rotatable bonds is 6. The minimum Gasteiger partial charge on any atom is -0.358 e. The molecular formula is C36H36FN3. The molecule has 0 bridgehead atoms. The summed E-state index contributed by atoms with van der Waals surface area (Å²) in [7, 11) is 0. The molecule has 202 valence electrons. The number of piperidine rings is 1. The summed E-state index contributed by atoms with van der Waals surface area (Å²) in [5.74, 6) is 0.497. The van der Waals surface area contributed by atoms with Gasteiger partial charge in [0.1, 0.15) is 5.82 Å². The lowest BCUT2D eigenvalue weighted by Gasteiger charge is -2.49. The van der Waals surface area contributed by atoms with Gasteiger partial charge >= 0.3 is 0 Å². The highest BCUT2D eigenvalue weighted by Gasteiger charge is 2.43. The van der Waals surface area contributed by atoms with Gasteiger partial charge in [-0.1, -0.05) is 91.0 Å². The van der Waals surface area contributed by atoms with E-state index in [9.17, 15) is 4.39 Å². The summed E-state index contributed by atoms with van der Waals surface area (Å²) in [6, 6.07) is 38.2. The fourth-order valence-electron chi connectivity index (χ4n) is 7.30. The number of hydrogen-bond donors (Lipinski definition) is 1. The lowest BCUT2D eigenvalue weighted by Crippen LogP contribution is -2.52. The Morgan fingerprint density at radius 3 is 1.88 bits per heavy atom. The van der Waals surface area contributed by atoms with Crippen molar-refractivity contribution in [3.8, 4) is 0 Å². The van der Waals surface area contributed by atoms with E-state index in [1.165, 1.54) is 40.8 Å². The number of nitrogens with zero attached hydrogens (tertiary/aromatic N) is 2. The van der Waals surface area contributed by atoms with Crippen molar-refractivity contribution < 1.29 is 4.39 Å². The Hall–Kier alpha value is -3.73. The Morgan fingerprint density at radius 2 is 1.30 bits per heavy atom. The van der Waals surface area contributed by atoms with Gasteiger partial charge in [-0.15, -0.1) is 0 Å². The Bertz CT molecular complexity index is 1470. The van der Waals surface area contributed by atoms with Gasteiger partial charge < -0.3 is 4.98 Å². The zero-order valence-electron chi connectivity index (χ0n) is 22.9. The monoisotopic (exact) mass is 529 g/mol. The molecule has 7 rings (SSSR count). The van der Waals surface area contributed by atoms with E-state index in [0.29, 0.717) is 5.92 Å². The molecule has 4 heteroatoms. The predicted octanol–water partition coefficient (Wildman–Crippen LogP) is 7.37. The minimum atomic E-state index is -0.330. The van der Waals surface area contributed by atoms with Crippen LogP contribution in [0.2, 0.25) is 0 Å². The van der Waals surface area contributed by atoms with Crippen LogP contribution in [0.5, 0.6) is 0 Å². The Balaban J connectivity index is 1.14. The normalized spacial score (nSPS) is 17.2. The third-order valence-corrected chi connectivity index (χ3v) is 9.20. The molecule has 1 fully saturated rings. The average molecular weight is 530 g/mol. The van der Waals surface area contributed by atoms with E-state index < -0.39 is 0 Å². The molecule has 2 aliphatic rings. The van der Waals surface area contributed by atoms with E-state index in [1.54, 1.807) is 12.1 Å². The molecule has 0 amide bonds. The van der Waals surface area contributed by atoms with Crippen molar-refractivity contribution in [3.63, 3.8) is 0 Å². The summed E-state index contributed by atoms with van der Waals surface area (Å²) < 4.78 is 14.0. The van der Waals surface area contributed by atoms with Gasteiger partial charge in [0.05, 0.1) is 5.54 Å². The fraction of sp³-hybridized carbons (Fsp3) is 0.278. The number of aromatic amines is 1. The van der Waals surface area contributed by atoms with Crippen LogP contribution in [0, 0.1) is 11.7 Å². The Labute approximate surface area is 236 Å². The van der Waals surface area contributed by atoms with Gasteiger partial charge in [0.15, 0.2) is 0 Å². The van der Waals surface area contributed by atoms with Crippen molar-refractivity contribution in [2.45, 2.75) is 31.3 Å². The molecule has 3 heterocycles. The lowest BCUT2D eigenvalue weighted by molar-refractivity contribution is 0.0833. The van der Waals surface area contributed by atoms with Gasteiger partial charge in [0.2, 0.25) is 0 Å². The summed E-state index contributed by atoms with van der Waals surface area (Å²) in [6.07, 6.45) is 3.34.